The van der Waals surface area contributed by atoms with Crippen LogP contribution in [0.2, 0.25) is 0 Å². The molecule has 32 heavy (non-hydrogen) atoms. The van der Waals surface area contributed by atoms with Crippen molar-refractivity contribution in [3.63, 3.8) is 0 Å². The molecule has 3 fully saturated rings. The third kappa shape index (κ3) is 4.43. The van der Waals surface area contributed by atoms with Crippen LogP contribution in [0.1, 0.15) is 74.8 Å². The molecule has 2 saturated heterocycles. The lowest BCUT2D eigenvalue weighted by atomic mass is 9.76. The number of methoxy groups -OCH3 is 1. The van der Waals surface area contributed by atoms with Gasteiger partial charge in [-0.25, -0.2) is 0 Å². The molecular weight excluding hydrogens is 424 g/mol. The molecule has 0 radical (unpaired) electrons. The van der Waals surface area contributed by atoms with Gasteiger partial charge in [-0.2, -0.15) is 0 Å². The van der Waals surface area contributed by atoms with Crippen molar-refractivity contribution in [1.82, 2.24) is 9.80 Å². The summed E-state index contributed by atoms with van der Waals surface area (Å²) < 4.78 is 5.69. The number of halogens is 1. The summed E-state index contributed by atoms with van der Waals surface area (Å²) in [5, 5.41) is 0. The molecule has 0 unspecified atom stereocenters. The number of piperidine rings is 1. The van der Waals surface area contributed by atoms with Gasteiger partial charge in [-0.1, -0.05) is 25.0 Å². The van der Waals surface area contributed by atoms with E-state index in [1.165, 1.54) is 30.4 Å². The van der Waals surface area contributed by atoms with Crippen molar-refractivity contribution >= 4 is 24.2 Å². The van der Waals surface area contributed by atoms with Crippen molar-refractivity contribution in [3.8, 4) is 5.75 Å². The number of imide groups is 1. The Labute approximate surface area is 198 Å². The minimum atomic E-state index is 0. The first kappa shape index (κ1) is 23.6. The monoisotopic (exact) mass is 460 g/mol. The zero-order chi connectivity index (χ0) is 21.4. The molecule has 176 valence electrons. The van der Waals surface area contributed by atoms with Crippen LogP contribution in [0.4, 0.5) is 0 Å². The lowest BCUT2D eigenvalue weighted by Gasteiger charge is -2.37. The lowest BCUT2D eigenvalue weighted by molar-refractivity contribution is -0.153. The van der Waals surface area contributed by atoms with Crippen molar-refractivity contribution in [2.45, 2.75) is 70.1 Å². The normalized spacial score (nSPS) is 26.7. The second kappa shape index (κ2) is 9.72. The van der Waals surface area contributed by atoms with E-state index in [0.29, 0.717) is 25.3 Å². The number of nitrogens with zero attached hydrogens (tertiary/aromatic N) is 2. The molecule has 2 aliphatic heterocycles. The van der Waals surface area contributed by atoms with E-state index >= 15 is 0 Å². The van der Waals surface area contributed by atoms with E-state index in [-0.39, 0.29) is 29.6 Å². The number of likely N-dealkylation sites (tertiary alicyclic amines) is 2. The largest absolute Gasteiger partial charge is 0.496 e. The van der Waals surface area contributed by atoms with Crippen molar-refractivity contribution in [1.29, 1.82) is 0 Å². The van der Waals surface area contributed by atoms with Crippen LogP contribution >= 0.6 is 12.4 Å². The van der Waals surface area contributed by atoms with E-state index in [9.17, 15) is 9.59 Å². The Morgan fingerprint density at radius 1 is 1.03 bits per heavy atom. The number of carbonyl (C=O) groups is 2. The molecule has 4 aliphatic rings. The Balaban J connectivity index is 0.00000245. The molecule has 5 nitrogen and oxygen atoms in total. The van der Waals surface area contributed by atoms with Gasteiger partial charge in [-0.15, -0.1) is 12.4 Å². The van der Waals surface area contributed by atoms with Crippen LogP contribution in [0.3, 0.4) is 0 Å². The highest BCUT2D eigenvalue weighted by atomic mass is 35.5. The quantitative estimate of drug-likeness (QED) is 0.461. The van der Waals surface area contributed by atoms with Gasteiger partial charge in [-0.3, -0.25) is 14.5 Å². The van der Waals surface area contributed by atoms with Gasteiger partial charge in [0.1, 0.15) is 5.75 Å². The van der Waals surface area contributed by atoms with Gasteiger partial charge in [0.15, 0.2) is 0 Å². The standard InChI is InChI=1S/C26H36N2O3.ClH/c1-31-22-8-6-7-19-9-10-20-17-27(18-21(20)25(19)22)13-4-5-14-28-23(29)15-26(16-24(28)30)11-2-3-12-26;/h6-8,20-21H,2-5,9-18H2,1H3;1H/t20-,21+;/m0./s1. The highest BCUT2D eigenvalue weighted by molar-refractivity contribution is 5.98. The predicted octanol–water partition coefficient (Wildman–Crippen LogP) is 4.57. The number of hydrogen-bond donors (Lipinski definition) is 0. The molecule has 0 bridgehead atoms. The van der Waals surface area contributed by atoms with Gasteiger partial charge in [0.2, 0.25) is 11.8 Å². The summed E-state index contributed by atoms with van der Waals surface area (Å²) in [6.07, 6.45) is 10.0. The van der Waals surface area contributed by atoms with E-state index in [4.69, 9.17) is 4.74 Å². The van der Waals surface area contributed by atoms with Crippen LogP contribution in [0.25, 0.3) is 0 Å². The number of rotatable bonds is 6. The number of fused-ring (bicyclic) bond motifs is 3. The molecule has 2 heterocycles. The van der Waals surface area contributed by atoms with Gasteiger partial charge >= 0.3 is 0 Å². The molecule has 1 spiro atoms. The van der Waals surface area contributed by atoms with Crippen LogP contribution in [-0.4, -0.2) is 54.9 Å². The zero-order valence-electron chi connectivity index (χ0n) is 19.3. The maximum absolute atomic E-state index is 12.6. The maximum atomic E-state index is 12.6. The van der Waals surface area contributed by atoms with Crippen LogP contribution in [0, 0.1) is 11.3 Å². The average molecular weight is 461 g/mol. The van der Waals surface area contributed by atoms with Crippen molar-refractivity contribution in [2.24, 2.45) is 11.3 Å². The fourth-order valence-electron chi connectivity index (χ4n) is 6.88. The Bertz CT molecular complexity index is 817. The number of unbranched alkanes of at least 4 members (excludes halogenated alkanes) is 1. The smallest absolute Gasteiger partial charge is 0.229 e. The molecule has 1 saturated carbocycles. The fraction of sp³-hybridized carbons (Fsp3) is 0.692. The Hall–Kier alpha value is -1.59. The highest BCUT2D eigenvalue weighted by Crippen LogP contribution is 2.47. The molecule has 6 heteroatoms. The maximum Gasteiger partial charge on any atom is 0.229 e. The third-order valence-corrected chi connectivity index (χ3v) is 8.47. The molecule has 1 aromatic carbocycles. The van der Waals surface area contributed by atoms with Crippen molar-refractivity contribution in [3.05, 3.63) is 29.3 Å². The van der Waals surface area contributed by atoms with E-state index in [0.717, 1.165) is 63.4 Å². The number of amides is 2. The van der Waals surface area contributed by atoms with E-state index in [1.54, 1.807) is 12.0 Å². The average Bonchev–Trinajstić information content (AvgIpc) is 3.38. The van der Waals surface area contributed by atoms with Gasteiger partial charge in [0.25, 0.3) is 0 Å². The molecule has 0 aromatic heterocycles. The molecule has 2 aliphatic carbocycles. The van der Waals surface area contributed by atoms with Crippen molar-refractivity contribution in [2.75, 3.05) is 33.3 Å². The van der Waals surface area contributed by atoms with E-state index in [2.05, 4.69) is 23.1 Å². The topological polar surface area (TPSA) is 49.9 Å². The van der Waals surface area contributed by atoms with Crippen molar-refractivity contribution < 1.29 is 14.3 Å². The predicted molar refractivity (Wildman–Crippen MR) is 127 cm³/mol. The Kier molecular flexibility index (Phi) is 7.16. The lowest BCUT2D eigenvalue weighted by Crippen LogP contribution is -2.47. The second-order valence-electron chi connectivity index (χ2n) is 10.4. The summed E-state index contributed by atoms with van der Waals surface area (Å²) >= 11 is 0. The molecule has 2 atom stereocenters. The summed E-state index contributed by atoms with van der Waals surface area (Å²) in [6.45, 7) is 3.91. The fourth-order valence-corrected chi connectivity index (χ4v) is 6.88. The highest BCUT2D eigenvalue weighted by Gasteiger charge is 2.45. The first-order valence-electron chi connectivity index (χ1n) is 12.3. The summed E-state index contributed by atoms with van der Waals surface area (Å²) in [4.78, 5) is 29.4. The molecule has 0 N–H and O–H groups in total. The van der Waals surface area contributed by atoms with Crippen LogP contribution in [0.5, 0.6) is 5.75 Å². The SMILES string of the molecule is COc1cccc2c1[C@@H]1CN(CCCCN3C(=O)CC4(CCCC4)CC3=O)C[C@@H]1CC2.Cl. The minimum Gasteiger partial charge on any atom is -0.496 e. The molecule has 2 amide bonds. The summed E-state index contributed by atoms with van der Waals surface area (Å²) in [7, 11) is 1.78. The molecule has 5 rings (SSSR count). The summed E-state index contributed by atoms with van der Waals surface area (Å²) in [5.41, 5.74) is 2.91. The number of carbonyl (C=O) groups excluding carboxylic acids is 2. The van der Waals surface area contributed by atoms with Gasteiger partial charge < -0.3 is 9.64 Å². The van der Waals surface area contributed by atoms with Gasteiger partial charge in [0.05, 0.1) is 7.11 Å². The van der Waals surface area contributed by atoms with Gasteiger partial charge in [0, 0.05) is 44.0 Å². The van der Waals surface area contributed by atoms with E-state index < -0.39 is 0 Å². The van der Waals surface area contributed by atoms with Gasteiger partial charge in [-0.05, 0) is 68.0 Å². The van der Waals surface area contributed by atoms with E-state index in [1.807, 2.05) is 0 Å². The Morgan fingerprint density at radius 3 is 2.47 bits per heavy atom. The first-order valence-corrected chi connectivity index (χ1v) is 12.3. The first-order chi connectivity index (χ1) is 15.1. The van der Waals surface area contributed by atoms with Crippen LogP contribution in [0.15, 0.2) is 18.2 Å². The van der Waals surface area contributed by atoms with Crippen LogP contribution in [-0.2, 0) is 16.0 Å². The minimum absolute atomic E-state index is 0. The summed E-state index contributed by atoms with van der Waals surface area (Å²) in [5.74, 6) is 2.50. The van der Waals surface area contributed by atoms with Crippen LogP contribution < -0.4 is 4.74 Å². The third-order valence-electron chi connectivity index (χ3n) is 8.47. The number of aryl methyl sites for hydroxylation is 1. The number of hydrogen-bond acceptors (Lipinski definition) is 4. The zero-order valence-corrected chi connectivity index (χ0v) is 20.1. The number of benzene rings is 1. The molecule has 1 aromatic rings. The summed E-state index contributed by atoms with van der Waals surface area (Å²) in [6, 6.07) is 6.48. The molecular formula is C26H37ClN2O3. The number of ether oxygens (including phenoxy) is 1. The second-order valence-corrected chi connectivity index (χ2v) is 10.4. The Morgan fingerprint density at radius 2 is 1.75 bits per heavy atom.